The maximum Gasteiger partial charge on any atom is 0.0663 e. The van der Waals surface area contributed by atoms with E-state index < -0.39 is 0 Å². The summed E-state index contributed by atoms with van der Waals surface area (Å²) >= 11 is 0. The summed E-state index contributed by atoms with van der Waals surface area (Å²) in [6.07, 6.45) is 8.38. The Morgan fingerprint density at radius 1 is 1.24 bits per heavy atom. The van der Waals surface area contributed by atoms with Crippen molar-refractivity contribution < 1.29 is 0 Å². The number of nitriles is 1. The van der Waals surface area contributed by atoms with Gasteiger partial charge in [0.05, 0.1) is 12.5 Å². The van der Waals surface area contributed by atoms with Crippen molar-refractivity contribution in [2.24, 2.45) is 0 Å². The molecule has 0 atom stereocenters. The molecule has 0 aliphatic carbocycles. The van der Waals surface area contributed by atoms with E-state index in [1.807, 2.05) is 12.2 Å². The van der Waals surface area contributed by atoms with Crippen LogP contribution >= 0.6 is 0 Å². The molecule has 1 saturated heterocycles. The second-order valence-corrected chi connectivity index (χ2v) is 4.41. The van der Waals surface area contributed by atoms with Crippen LogP contribution in [0.25, 0.3) is 6.08 Å². The predicted octanol–water partition coefficient (Wildman–Crippen LogP) is 3.60. The standard InChI is InChI=1S/C15H18N2/c16-10-3-2-7-14-8-6-9-15(13-14)17-11-4-1-5-12-17/h2,6-9,13H,1,3-5,11-12H2. The number of hydrogen-bond acceptors (Lipinski definition) is 2. The molecule has 2 nitrogen and oxygen atoms in total. The molecular weight excluding hydrogens is 208 g/mol. The highest BCUT2D eigenvalue weighted by Crippen LogP contribution is 2.21. The maximum atomic E-state index is 8.49. The van der Waals surface area contributed by atoms with Crippen LogP contribution in [0.2, 0.25) is 0 Å². The summed E-state index contributed by atoms with van der Waals surface area (Å²) in [5.74, 6) is 0. The quantitative estimate of drug-likeness (QED) is 0.787. The average molecular weight is 226 g/mol. The Bertz CT molecular complexity index is 423. The normalized spacial score (nSPS) is 16.1. The molecule has 0 radical (unpaired) electrons. The highest BCUT2D eigenvalue weighted by Gasteiger charge is 2.10. The van der Waals surface area contributed by atoms with Crippen molar-refractivity contribution in [2.45, 2.75) is 25.7 Å². The summed E-state index contributed by atoms with van der Waals surface area (Å²) in [5, 5.41) is 8.49. The van der Waals surface area contributed by atoms with Gasteiger partial charge in [-0.25, -0.2) is 0 Å². The third-order valence-corrected chi connectivity index (χ3v) is 3.11. The van der Waals surface area contributed by atoms with E-state index in [0.717, 1.165) is 0 Å². The molecule has 1 aliphatic heterocycles. The first kappa shape index (κ1) is 11.7. The third-order valence-electron chi connectivity index (χ3n) is 3.11. The zero-order valence-corrected chi connectivity index (χ0v) is 10.1. The van der Waals surface area contributed by atoms with Crippen molar-refractivity contribution in [1.29, 1.82) is 5.26 Å². The van der Waals surface area contributed by atoms with Crippen LogP contribution in [0.15, 0.2) is 30.3 Å². The summed E-state index contributed by atoms with van der Waals surface area (Å²) < 4.78 is 0. The Morgan fingerprint density at radius 3 is 2.82 bits per heavy atom. The number of rotatable bonds is 3. The molecule has 1 heterocycles. The largest absolute Gasteiger partial charge is 0.372 e. The number of anilines is 1. The van der Waals surface area contributed by atoms with Crippen molar-refractivity contribution in [3.05, 3.63) is 35.9 Å². The molecule has 1 aliphatic rings. The summed E-state index contributed by atoms with van der Waals surface area (Å²) in [6, 6.07) is 10.7. The van der Waals surface area contributed by atoms with Crippen LogP contribution in [-0.2, 0) is 0 Å². The first-order valence-corrected chi connectivity index (χ1v) is 6.28. The number of benzene rings is 1. The Balaban J connectivity index is 2.08. The lowest BCUT2D eigenvalue weighted by Gasteiger charge is -2.29. The summed E-state index contributed by atoms with van der Waals surface area (Å²) in [5.41, 5.74) is 2.49. The van der Waals surface area contributed by atoms with Gasteiger partial charge in [-0.05, 0) is 37.0 Å². The molecule has 2 rings (SSSR count). The summed E-state index contributed by atoms with van der Waals surface area (Å²) in [7, 11) is 0. The minimum atomic E-state index is 0.480. The number of hydrogen-bond donors (Lipinski definition) is 0. The second-order valence-electron chi connectivity index (χ2n) is 4.41. The Hall–Kier alpha value is -1.75. The van der Waals surface area contributed by atoms with Gasteiger partial charge in [-0.1, -0.05) is 24.3 Å². The van der Waals surface area contributed by atoms with Crippen LogP contribution in [0.4, 0.5) is 5.69 Å². The molecule has 0 spiro atoms. The third kappa shape index (κ3) is 3.35. The van der Waals surface area contributed by atoms with Gasteiger partial charge in [0, 0.05) is 18.8 Å². The van der Waals surface area contributed by atoms with Gasteiger partial charge >= 0.3 is 0 Å². The van der Waals surface area contributed by atoms with E-state index in [2.05, 4.69) is 35.2 Å². The van der Waals surface area contributed by atoms with Gasteiger partial charge in [0.1, 0.15) is 0 Å². The van der Waals surface area contributed by atoms with Gasteiger partial charge in [0.2, 0.25) is 0 Å². The van der Waals surface area contributed by atoms with E-state index in [9.17, 15) is 0 Å². The molecular formula is C15H18N2. The fraction of sp³-hybridized carbons (Fsp3) is 0.400. The van der Waals surface area contributed by atoms with E-state index >= 15 is 0 Å². The molecule has 0 N–H and O–H groups in total. The molecule has 1 fully saturated rings. The first-order valence-electron chi connectivity index (χ1n) is 6.28. The van der Waals surface area contributed by atoms with Gasteiger partial charge in [0.15, 0.2) is 0 Å². The zero-order chi connectivity index (χ0) is 11.9. The molecule has 0 amide bonds. The summed E-state index contributed by atoms with van der Waals surface area (Å²) in [6.45, 7) is 2.34. The Kier molecular flexibility index (Phi) is 4.21. The van der Waals surface area contributed by atoms with Crippen LogP contribution < -0.4 is 4.90 Å². The van der Waals surface area contributed by atoms with Crippen molar-refractivity contribution in [3.63, 3.8) is 0 Å². The molecule has 0 saturated carbocycles. The highest BCUT2D eigenvalue weighted by molar-refractivity contribution is 5.58. The number of nitrogens with zero attached hydrogens (tertiary/aromatic N) is 2. The molecule has 1 aromatic carbocycles. The fourth-order valence-electron chi connectivity index (χ4n) is 2.22. The first-order chi connectivity index (χ1) is 8.40. The molecule has 17 heavy (non-hydrogen) atoms. The van der Waals surface area contributed by atoms with E-state index in [4.69, 9.17) is 5.26 Å². The van der Waals surface area contributed by atoms with E-state index in [0.29, 0.717) is 6.42 Å². The van der Waals surface area contributed by atoms with E-state index in [-0.39, 0.29) is 0 Å². The molecule has 0 bridgehead atoms. The highest BCUT2D eigenvalue weighted by atomic mass is 15.1. The lowest BCUT2D eigenvalue weighted by Crippen LogP contribution is -2.29. The molecule has 1 aromatic rings. The minimum absolute atomic E-state index is 0.480. The van der Waals surface area contributed by atoms with Gasteiger partial charge in [0.25, 0.3) is 0 Å². The molecule has 0 unspecified atom stereocenters. The SMILES string of the molecule is N#CCC=Cc1cccc(N2CCCCC2)c1. The van der Waals surface area contributed by atoms with Gasteiger partial charge in [-0.2, -0.15) is 5.26 Å². The van der Waals surface area contributed by atoms with Gasteiger partial charge in [-0.3, -0.25) is 0 Å². The van der Waals surface area contributed by atoms with Crippen molar-refractivity contribution in [1.82, 2.24) is 0 Å². The lowest BCUT2D eigenvalue weighted by molar-refractivity contribution is 0.578. The van der Waals surface area contributed by atoms with Crippen molar-refractivity contribution in [2.75, 3.05) is 18.0 Å². The van der Waals surface area contributed by atoms with Crippen LogP contribution in [0.5, 0.6) is 0 Å². The molecule has 88 valence electrons. The Labute approximate surface area is 103 Å². The van der Waals surface area contributed by atoms with Crippen molar-refractivity contribution in [3.8, 4) is 6.07 Å². The topological polar surface area (TPSA) is 27.0 Å². The van der Waals surface area contributed by atoms with Crippen LogP contribution in [0, 0.1) is 11.3 Å². The van der Waals surface area contributed by atoms with Gasteiger partial charge < -0.3 is 4.90 Å². The van der Waals surface area contributed by atoms with Crippen molar-refractivity contribution >= 4 is 11.8 Å². The van der Waals surface area contributed by atoms with E-state index in [1.165, 1.54) is 43.6 Å². The predicted molar refractivity (Wildman–Crippen MR) is 71.8 cm³/mol. The second kappa shape index (κ2) is 6.10. The van der Waals surface area contributed by atoms with Crippen LogP contribution in [0.3, 0.4) is 0 Å². The molecule has 2 heteroatoms. The Morgan fingerprint density at radius 2 is 2.06 bits per heavy atom. The smallest absolute Gasteiger partial charge is 0.0663 e. The monoisotopic (exact) mass is 226 g/mol. The lowest BCUT2D eigenvalue weighted by atomic mass is 10.1. The maximum absolute atomic E-state index is 8.49. The van der Waals surface area contributed by atoms with Crippen LogP contribution in [-0.4, -0.2) is 13.1 Å². The van der Waals surface area contributed by atoms with Gasteiger partial charge in [-0.15, -0.1) is 0 Å². The summed E-state index contributed by atoms with van der Waals surface area (Å²) in [4.78, 5) is 2.45. The van der Waals surface area contributed by atoms with E-state index in [1.54, 1.807) is 0 Å². The minimum Gasteiger partial charge on any atom is -0.372 e. The number of piperidine rings is 1. The van der Waals surface area contributed by atoms with Crippen LogP contribution in [0.1, 0.15) is 31.2 Å². The molecule has 0 aromatic heterocycles. The average Bonchev–Trinajstić information content (AvgIpc) is 2.41. The fourth-order valence-corrected chi connectivity index (χ4v) is 2.22. The zero-order valence-electron chi connectivity index (χ0n) is 10.1. The number of allylic oxidation sites excluding steroid dienone is 1.